The Balaban J connectivity index is 0.00000256. The summed E-state index contributed by atoms with van der Waals surface area (Å²) >= 11 is 0. The summed E-state index contributed by atoms with van der Waals surface area (Å²) in [6.07, 6.45) is 0.717. The van der Waals surface area contributed by atoms with Crippen molar-refractivity contribution in [1.82, 2.24) is 0 Å². The summed E-state index contributed by atoms with van der Waals surface area (Å²) in [7, 11) is 1.30. The van der Waals surface area contributed by atoms with Gasteiger partial charge in [-0.1, -0.05) is 0 Å². The highest BCUT2D eigenvalue weighted by atomic mass is 35.5. The molecule has 6 heteroatoms. The first-order valence-corrected chi connectivity index (χ1v) is 5.00. The van der Waals surface area contributed by atoms with E-state index in [4.69, 9.17) is 15.6 Å². The van der Waals surface area contributed by atoms with Gasteiger partial charge in [0.1, 0.15) is 5.82 Å². The molecule has 0 aliphatic carbocycles. The molecule has 0 amide bonds. The molecule has 0 aliphatic rings. The average molecular weight is 268 g/mol. The number of methoxy groups -OCH3 is 1. The van der Waals surface area contributed by atoms with Gasteiger partial charge in [-0.25, -0.2) is 8.78 Å². The monoisotopic (exact) mass is 267 g/mol. The highest BCUT2D eigenvalue weighted by Gasteiger charge is 2.19. The summed E-state index contributed by atoms with van der Waals surface area (Å²) in [5.74, 6) is -1.49. The van der Waals surface area contributed by atoms with Crippen LogP contribution in [0.15, 0.2) is 12.1 Å². The van der Waals surface area contributed by atoms with Crippen LogP contribution in [0.5, 0.6) is 5.75 Å². The number of nitrogens with two attached hydrogens (primary N) is 1. The van der Waals surface area contributed by atoms with Gasteiger partial charge in [0.25, 0.3) is 0 Å². The quantitative estimate of drug-likeness (QED) is 0.860. The Morgan fingerprint density at radius 3 is 2.59 bits per heavy atom. The molecule has 0 radical (unpaired) electrons. The van der Waals surface area contributed by atoms with Gasteiger partial charge in [-0.3, -0.25) is 0 Å². The van der Waals surface area contributed by atoms with Crippen molar-refractivity contribution in [2.45, 2.75) is 18.9 Å². The van der Waals surface area contributed by atoms with Crippen LogP contribution >= 0.6 is 12.4 Å². The molecule has 0 spiro atoms. The fourth-order valence-electron chi connectivity index (χ4n) is 1.50. The van der Waals surface area contributed by atoms with Gasteiger partial charge in [0.05, 0.1) is 7.11 Å². The summed E-state index contributed by atoms with van der Waals surface area (Å²) in [5, 5.41) is 8.63. The van der Waals surface area contributed by atoms with E-state index in [1.54, 1.807) is 0 Å². The standard InChI is InChI=1S/C11H15F2NO2.ClH/c1-16-9-5-4-7(12)10(11(9)13)8(14)3-2-6-15;/h4-5,8,15H,2-3,6,14H2,1H3;1H/t8-;/m0./s1. The van der Waals surface area contributed by atoms with Crippen LogP contribution in [0.4, 0.5) is 8.78 Å². The van der Waals surface area contributed by atoms with Gasteiger partial charge < -0.3 is 15.6 Å². The van der Waals surface area contributed by atoms with Crippen molar-refractivity contribution in [3.05, 3.63) is 29.3 Å². The van der Waals surface area contributed by atoms with Gasteiger partial charge >= 0.3 is 0 Å². The maximum Gasteiger partial charge on any atom is 0.172 e. The normalized spacial score (nSPS) is 11.8. The van der Waals surface area contributed by atoms with Crippen LogP contribution in [0.25, 0.3) is 0 Å². The molecule has 1 atom stereocenters. The number of ether oxygens (including phenoxy) is 1. The zero-order valence-electron chi connectivity index (χ0n) is 9.45. The zero-order chi connectivity index (χ0) is 12.1. The van der Waals surface area contributed by atoms with Gasteiger partial charge in [-0.2, -0.15) is 0 Å². The highest BCUT2D eigenvalue weighted by molar-refractivity contribution is 5.85. The first-order chi connectivity index (χ1) is 7.61. The van der Waals surface area contributed by atoms with Gasteiger partial charge in [0.2, 0.25) is 0 Å². The van der Waals surface area contributed by atoms with Crippen LogP contribution in [0, 0.1) is 11.6 Å². The second kappa shape index (κ2) is 7.42. The van der Waals surface area contributed by atoms with Gasteiger partial charge in [-0.05, 0) is 25.0 Å². The van der Waals surface area contributed by atoms with E-state index < -0.39 is 17.7 Å². The minimum Gasteiger partial charge on any atom is -0.494 e. The molecule has 1 aromatic carbocycles. The molecule has 3 nitrogen and oxygen atoms in total. The molecule has 98 valence electrons. The lowest BCUT2D eigenvalue weighted by molar-refractivity contribution is 0.278. The molecule has 0 heterocycles. The Morgan fingerprint density at radius 1 is 1.41 bits per heavy atom. The number of halogens is 3. The molecular formula is C11H16ClF2NO2. The van der Waals surface area contributed by atoms with E-state index >= 15 is 0 Å². The van der Waals surface area contributed by atoms with Crippen molar-refractivity contribution in [2.75, 3.05) is 13.7 Å². The van der Waals surface area contributed by atoms with Crippen molar-refractivity contribution >= 4 is 12.4 Å². The lowest BCUT2D eigenvalue weighted by atomic mass is 10.0. The van der Waals surface area contributed by atoms with Crippen LogP contribution in [-0.4, -0.2) is 18.8 Å². The topological polar surface area (TPSA) is 55.5 Å². The molecule has 0 saturated carbocycles. The van der Waals surface area contributed by atoms with Crippen LogP contribution in [0.2, 0.25) is 0 Å². The first-order valence-electron chi connectivity index (χ1n) is 5.00. The van der Waals surface area contributed by atoms with Gasteiger partial charge in [0, 0.05) is 18.2 Å². The molecule has 3 N–H and O–H groups in total. The largest absolute Gasteiger partial charge is 0.494 e. The van der Waals surface area contributed by atoms with E-state index in [9.17, 15) is 8.78 Å². The summed E-state index contributed by atoms with van der Waals surface area (Å²) < 4.78 is 31.9. The summed E-state index contributed by atoms with van der Waals surface area (Å²) in [5.41, 5.74) is 5.47. The second-order valence-corrected chi connectivity index (χ2v) is 3.45. The molecule has 0 aliphatic heterocycles. The zero-order valence-corrected chi connectivity index (χ0v) is 10.3. The first kappa shape index (κ1) is 16.1. The second-order valence-electron chi connectivity index (χ2n) is 3.45. The van der Waals surface area contributed by atoms with E-state index in [-0.39, 0.29) is 30.3 Å². The molecule has 1 rings (SSSR count). The van der Waals surface area contributed by atoms with E-state index in [0.717, 1.165) is 6.07 Å². The molecule has 0 unspecified atom stereocenters. The number of hydrogen-bond donors (Lipinski definition) is 2. The number of aliphatic hydroxyl groups is 1. The molecular weight excluding hydrogens is 252 g/mol. The number of aliphatic hydroxyl groups excluding tert-OH is 1. The Bertz CT molecular complexity index is 364. The third-order valence-corrected chi connectivity index (χ3v) is 2.36. The molecule has 0 aromatic heterocycles. The van der Waals surface area contributed by atoms with Gasteiger partial charge in [-0.15, -0.1) is 12.4 Å². The van der Waals surface area contributed by atoms with Crippen molar-refractivity contribution in [1.29, 1.82) is 0 Å². The molecule has 1 aromatic rings. The third kappa shape index (κ3) is 3.80. The lowest BCUT2D eigenvalue weighted by Gasteiger charge is -2.15. The SMILES string of the molecule is COc1ccc(F)c([C@@H](N)CCCO)c1F.Cl. The Morgan fingerprint density at radius 2 is 2.06 bits per heavy atom. The molecule has 0 bridgehead atoms. The number of benzene rings is 1. The Hall–Kier alpha value is -0.910. The molecule has 0 fully saturated rings. The fourth-order valence-corrected chi connectivity index (χ4v) is 1.50. The average Bonchev–Trinajstić information content (AvgIpc) is 2.26. The van der Waals surface area contributed by atoms with E-state index in [0.29, 0.717) is 12.8 Å². The van der Waals surface area contributed by atoms with Crippen LogP contribution in [0.3, 0.4) is 0 Å². The molecule has 0 saturated heterocycles. The Labute approximate surface area is 105 Å². The maximum atomic E-state index is 13.7. The lowest BCUT2D eigenvalue weighted by Crippen LogP contribution is -2.15. The summed E-state index contributed by atoms with van der Waals surface area (Å²) in [6, 6.07) is 1.56. The minimum atomic E-state index is -0.776. The van der Waals surface area contributed by atoms with E-state index in [1.807, 2.05) is 0 Å². The Kier molecular flexibility index (Phi) is 7.03. The van der Waals surface area contributed by atoms with E-state index in [2.05, 4.69) is 0 Å². The summed E-state index contributed by atoms with van der Waals surface area (Å²) in [6.45, 7) is -0.0547. The summed E-state index contributed by atoms with van der Waals surface area (Å²) in [4.78, 5) is 0. The van der Waals surface area contributed by atoms with Crippen LogP contribution < -0.4 is 10.5 Å². The number of hydrogen-bond acceptors (Lipinski definition) is 3. The van der Waals surface area contributed by atoms with Gasteiger partial charge in [0.15, 0.2) is 11.6 Å². The van der Waals surface area contributed by atoms with E-state index in [1.165, 1.54) is 13.2 Å². The van der Waals surface area contributed by atoms with Crippen molar-refractivity contribution in [3.8, 4) is 5.75 Å². The smallest absolute Gasteiger partial charge is 0.172 e. The number of rotatable bonds is 5. The predicted octanol–water partition coefficient (Wildman–Crippen LogP) is 2.17. The minimum absolute atomic E-state index is 0. The van der Waals surface area contributed by atoms with Crippen LogP contribution in [-0.2, 0) is 0 Å². The van der Waals surface area contributed by atoms with Crippen molar-refractivity contribution < 1.29 is 18.6 Å². The highest BCUT2D eigenvalue weighted by Crippen LogP contribution is 2.28. The maximum absolute atomic E-state index is 13.7. The van der Waals surface area contributed by atoms with Crippen molar-refractivity contribution in [2.24, 2.45) is 5.73 Å². The third-order valence-electron chi connectivity index (χ3n) is 2.36. The molecule has 17 heavy (non-hydrogen) atoms. The fraction of sp³-hybridized carbons (Fsp3) is 0.455. The predicted molar refractivity (Wildman–Crippen MR) is 63.4 cm³/mol. The van der Waals surface area contributed by atoms with Crippen LogP contribution in [0.1, 0.15) is 24.4 Å². The van der Waals surface area contributed by atoms with Crippen molar-refractivity contribution in [3.63, 3.8) is 0 Å².